The lowest BCUT2D eigenvalue weighted by Gasteiger charge is -2.19. The molecule has 5 heteroatoms. The van der Waals surface area contributed by atoms with E-state index in [2.05, 4.69) is 10.6 Å². The van der Waals surface area contributed by atoms with Crippen molar-refractivity contribution in [2.45, 2.75) is 26.8 Å². The van der Waals surface area contributed by atoms with Gasteiger partial charge in [0.15, 0.2) is 5.11 Å². The molecule has 0 aliphatic carbocycles. The Hall–Kier alpha value is -2.27. The van der Waals surface area contributed by atoms with Crippen molar-refractivity contribution >= 4 is 23.0 Å². The minimum atomic E-state index is 0.0730. The third kappa shape index (κ3) is 5.42. The zero-order valence-electron chi connectivity index (χ0n) is 14.3. The summed E-state index contributed by atoms with van der Waals surface area (Å²) in [6.07, 6.45) is 0. The molecule has 0 amide bonds. The third-order valence-electron chi connectivity index (χ3n) is 3.40. The maximum atomic E-state index is 5.84. The van der Waals surface area contributed by atoms with Gasteiger partial charge in [0, 0.05) is 0 Å². The van der Waals surface area contributed by atoms with E-state index < -0.39 is 0 Å². The molecule has 0 radical (unpaired) electrons. The van der Waals surface area contributed by atoms with E-state index in [1.165, 1.54) is 0 Å². The Labute approximate surface area is 149 Å². The number of hydrogen-bond acceptors (Lipinski definition) is 3. The van der Waals surface area contributed by atoms with E-state index in [1.807, 2.05) is 69.3 Å². The van der Waals surface area contributed by atoms with Gasteiger partial charge in [0.2, 0.25) is 0 Å². The molecule has 2 rings (SSSR count). The minimum Gasteiger partial charge on any atom is -0.492 e. The Morgan fingerprint density at radius 2 is 1.71 bits per heavy atom. The van der Waals surface area contributed by atoms with Crippen molar-refractivity contribution in [2.75, 3.05) is 18.5 Å². The highest BCUT2D eigenvalue weighted by Gasteiger charge is 2.09. The van der Waals surface area contributed by atoms with Crippen LogP contribution < -0.4 is 20.1 Å². The summed E-state index contributed by atoms with van der Waals surface area (Å²) in [4.78, 5) is 0. The van der Waals surface area contributed by atoms with Gasteiger partial charge in [-0.1, -0.05) is 30.3 Å². The average molecular weight is 344 g/mol. The highest BCUT2D eigenvalue weighted by Crippen LogP contribution is 2.23. The summed E-state index contributed by atoms with van der Waals surface area (Å²) in [5.74, 6) is 1.68. The Morgan fingerprint density at radius 1 is 1.04 bits per heavy atom. The van der Waals surface area contributed by atoms with Crippen molar-refractivity contribution in [3.05, 3.63) is 54.1 Å². The second-order valence-electron chi connectivity index (χ2n) is 5.51. The quantitative estimate of drug-likeness (QED) is 0.739. The highest BCUT2D eigenvalue weighted by atomic mass is 32.1. The molecule has 0 saturated heterocycles. The van der Waals surface area contributed by atoms with Crippen LogP contribution in [0, 0.1) is 6.92 Å². The van der Waals surface area contributed by atoms with Crippen molar-refractivity contribution in [2.24, 2.45) is 0 Å². The number of nitrogens with one attached hydrogen (secondary N) is 2. The Morgan fingerprint density at radius 3 is 2.42 bits per heavy atom. The molecule has 2 N–H and O–H groups in total. The van der Waals surface area contributed by atoms with Crippen molar-refractivity contribution in [3.63, 3.8) is 0 Å². The number of hydrogen-bond donors (Lipinski definition) is 2. The average Bonchev–Trinajstić information content (AvgIpc) is 2.56. The fraction of sp³-hybridized carbons (Fsp3) is 0.316. The molecule has 0 aliphatic rings. The molecule has 0 fully saturated rings. The summed E-state index contributed by atoms with van der Waals surface area (Å²) in [5, 5.41) is 6.95. The molecule has 0 aromatic heterocycles. The summed E-state index contributed by atoms with van der Waals surface area (Å²) in [6.45, 7) is 7.16. The van der Waals surface area contributed by atoms with Gasteiger partial charge in [-0.05, 0) is 56.8 Å². The number of thiocarbonyl (C=S) groups is 1. The summed E-state index contributed by atoms with van der Waals surface area (Å²) in [6, 6.07) is 15.8. The molecule has 0 spiro atoms. The van der Waals surface area contributed by atoms with Crippen molar-refractivity contribution < 1.29 is 9.47 Å². The first kappa shape index (κ1) is 18.1. The zero-order chi connectivity index (χ0) is 17.4. The molecule has 24 heavy (non-hydrogen) atoms. The van der Waals surface area contributed by atoms with E-state index in [-0.39, 0.29) is 6.04 Å². The van der Waals surface area contributed by atoms with E-state index in [1.54, 1.807) is 0 Å². The van der Waals surface area contributed by atoms with Crippen LogP contribution in [-0.2, 0) is 0 Å². The van der Waals surface area contributed by atoms with Gasteiger partial charge in [-0.3, -0.25) is 0 Å². The molecule has 0 bridgehead atoms. The number of benzene rings is 2. The number of rotatable bonds is 7. The van der Waals surface area contributed by atoms with E-state index in [0.29, 0.717) is 18.3 Å². The van der Waals surface area contributed by atoms with Crippen molar-refractivity contribution in [3.8, 4) is 11.5 Å². The predicted octanol–water partition coefficient (Wildman–Crippen LogP) is 4.15. The summed E-state index contributed by atoms with van der Waals surface area (Å²) < 4.78 is 11.4. The van der Waals surface area contributed by atoms with E-state index in [0.717, 1.165) is 22.7 Å². The Balaban J connectivity index is 1.85. The Kier molecular flexibility index (Phi) is 6.88. The smallest absolute Gasteiger partial charge is 0.171 e. The predicted molar refractivity (Wildman–Crippen MR) is 103 cm³/mol. The van der Waals surface area contributed by atoms with Crippen LogP contribution >= 0.6 is 12.2 Å². The monoisotopic (exact) mass is 344 g/mol. The minimum absolute atomic E-state index is 0.0730. The number of anilines is 1. The molecule has 128 valence electrons. The second-order valence-corrected chi connectivity index (χ2v) is 5.91. The molecule has 0 saturated carbocycles. The largest absolute Gasteiger partial charge is 0.492 e. The third-order valence-corrected chi connectivity index (χ3v) is 3.61. The van der Waals surface area contributed by atoms with Crippen molar-refractivity contribution in [1.82, 2.24) is 5.32 Å². The topological polar surface area (TPSA) is 42.5 Å². The summed E-state index contributed by atoms with van der Waals surface area (Å²) >= 11 is 5.38. The van der Waals surface area contributed by atoms with Crippen LogP contribution in [0.5, 0.6) is 11.5 Å². The standard InChI is InChI=1S/C19H24N2O2S/c1-4-22-18-12-8-6-10-16(18)21-19(24)20-15(3)13-23-17-11-7-5-9-14(17)2/h5-12,15H,4,13H2,1-3H3,(H2,20,21,24)/t15-/m0/s1. The lowest BCUT2D eigenvalue weighted by atomic mass is 10.2. The molecule has 0 heterocycles. The summed E-state index contributed by atoms with van der Waals surface area (Å²) in [7, 11) is 0. The van der Waals surface area contributed by atoms with Gasteiger partial charge >= 0.3 is 0 Å². The first-order valence-corrected chi connectivity index (χ1v) is 8.48. The number of para-hydroxylation sites is 3. The van der Waals surface area contributed by atoms with Gasteiger partial charge in [0.25, 0.3) is 0 Å². The molecule has 4 nitrogen and oxygen atoms in total. The van der Waals surface area contributed by atoms with Crippen LogP contribution in [0.2, 0.25) is 0 Å². The fourth-order valence-electron chi connectivity index (χ4n) is 2.21. The fourth-order valence-corrected chi connectivity index (χ4v) is 2.52. The van der Waals surface area contributed by atoms with Crippen LogP contribution in [0.4, 0.5) is 5.69 Å². The van der Waals surface area contributed by atoms with E-state index >= 15 is 0 Å². The number of ether oxygens (including phenoxy) is 2. The summed E-state index contributed by atoms with van der Waals surface area (Å²) in [5.41, 5.74) is 1.97. The van der Waals surface area contributed by atoms with Gasteiger partial charge in [-0.2, -0.15) is 0 Å². The second kappa shape index (κ2) is 9.13. The maximum absolute atomic E-state index is 5.84. The van der Waals surface area contributed by atoms with E-state index in [9.17, 15) is 0 Å². The molecule has 0 unspecified atom stereocenters. The van der Waals surface area contributed by atoms with E-state index in [4.69, 9.17) is 21.7 Å². The lowest BCUT2D eigenvalue weighted by molar-refractivity contribution is 0.285. The molecule has 1 atom stereocenters. The van der Waals surface area contributed by atoms with Crippen LogP contribution in [0.3, 0.4) is 0 Å². The van der Waals surface area contributed by atoms with Gasteiger partial charge in [-0.15, -0.1) is 0 Å². The van der Waals surface area contributed by atoms with Crippen LogP contribution in [0.25, 0.3) is 0 Å². The van der Waals surface area contributed by atoms with Crippen LogP contribution in [-0.4, -0.2) is 24.4 Å². The lowest BCUT2D eigenvalue weighted by Crippen LogP contribution is -2.39. The normalized spacial score (nSPS) is 11.5. The SMILES string of the molecule is CCOc1ccccc1NC(=S)N[C@@H](C)COc1ccccc1C. The van der Waals surface area contributed by atoms with Gasteiger partial charge in [0.1, 0.15) is 18.1 Å². The van der Waals surface area contributed by atoms with Gasteiger partial charge < -0.3 is 20.1 Å². The maximum Gasteiger partial charge on any atom is 0.171 e. The first-order chi connectivity index (χ1) is 11.6. The van der Waals surface area contributed by atoms with Crippen molar-refractivity contribution in [1.29, 1.82) is 0 Å². The molecule has 0 aliphatic heterocycles. The highest BCUT2D eigenvalue weighted by molar-refractivity contribution is 7.80. The van der Waals surface area contributed by atoms with Crippen LogP contribution in [0.1, 0.15) is 19.4 Å². The molecular weight excluding hydrogens is 320 g/mol. The van der Waals surface area contributed by atoms with Crippen LogP contribution in [0.15, 0.2) is 48.5 Å². The molecule has 2 aromatic carbocycles. The van der Waals surface area contributed by atoms with Gasteiger partial charge in [-0.25, -0.2) is 0 Å². The molecule has 2 aromatic rings. The number of aryl methyl sites for hydroxylation is 1. The zero-order valence-corrected chi connectivity index (χ0v) is 15.2. The Bertz CT molecular complexity index is 676. The molecular formula is C19H24N2O2S. The first-order valence-electron chi connectivity index (χ1n) is 8.08. The van der Waals surface area contributed by atoms with Gasteiger partial charge in [0.05, 0.1) is 18.3 Å².